The van der Waals surface area contributed by atoms with Crippen LogP contribution in [0.2, 0.25) is 0 Å². The molecule has 2 unspecified atom stereocenters. The molecule has 0 aliphatic carbocycles. The van der Waals surface area contributed by atoms with Gasteiger partial charge in [-0.3, -0.25) is 4.79 Å². The van der Waals surface area contributed by atoms with Gasteiger partial charge in [0.25, 0.3) is 0 Å². The lowest BCUT2D eigenvalue weighted by Gasteiger charge is -2.19. The number of carbonyl (C=O) groups is 1. The molecule has 4 heteroatoms. The molecule has 3 N–H and O–H groups in total. The molecule has 0 saturated carbocycles. The molecule has 428 valence electrons. The third-order valence-electron chi connectivity index (χ3n) is 13.2. The van der Waals surface area contributed by atoms with Crippen LogP contribution in [0.1, 0.15) is 258 Å². The molecular formula is C72H117NO3. The Morgan fingerprint density at radius 2 is 0.592 bits per heavy atom. The van der Waals surface area contributed by atoms with Crippen LogP contribution in [-0.4, -0.2) is 34.9 Å². The molecule has 0 aromatic carbocycles. The van der Waals surface area contributed by atoms with E-state index in [4.69, 9.17) is 0 Å². The number of hydrogen-bond acceptors (Lipinski definition) is 3. The minimum absolute atomic E-state index is 0.104. The average molecular weight is 1040 g/mol. The van der Waals surface area contributed by atoms with Crippen LogP contribution in [0, 0.1) is 0 Å². The summed E-state index contributed by atoms with van der Waals surface area (Å²) in [7, 11) is 0. The fourth-order valence-corrected chi connectivity index (χ4v) is 8.47. The molecule has 1 amide bonds. The third-order valence-corrected chi connectivity index (χ3v) is 13.2. The highest BCUT2D eigenvalue weighted by molar-refractivity contribution is 5.76. The quantitative estimate of drug-likeness (QED) is 0.0420. The Labute approximate surface area is 470 Å². The van der Waals surface area contributed by atoms with Gasteiger partial charge in [-0.1, -0.05) is 300 Å². The number of unbranched alkanes of at least 4 members (excludes halogenated alkanes) is 22. The van der Waals surface area contributed by atoms with Crippen molar-refractivity contribution in [3.8, 4) is 0 Å². The zero-order valence-electron chi connectivity index (χ0n) is 49.2. The van der Waals surface area contributed by atoms with Gasteiger partial charge in [-0.2, -0.15) is 0 Å². The summed E-state index contributed by atoms with van der Waals surface area (Å²) in [5, 5.41) is 23.2. The maximum Gasteiger partial charge on any atom is 0.220 e. The van der Waals surface area contributed by atoms with Crippen LogP contribution in [0.5, 0.6) is 0 Å². The lowest BCUT2D eigenvalue weighted by Crippen LogP contribution is -2.45. The van der Waals surface area contributed by atoms with Gasteiger partial charge in [-0.25, -0.2) is 0 Å². The van der Waals surface area contributed by atoms with Crippen LogP contribution in [-0.2, 0) is 4.79 Å². The second kappa shape index (κ2) is 65.0. The highest BCUT2D eigenvalue weighted by Gasteiger charge is 2.18. The van der Waals surface area contributed by atoms with Crippen LogP contribution in [0.3, 0.4) is 0 Å². The molecular weight excluding hydrogens is 927 g/mol. The number of hydrogen-bond donors (Lipinski definition) is 3. The van der Waals surface area contributed by atoms with E-state index >= 15 is 0 Å². The Balaban J connectivity index is 3.71. The van der Waals surface area contributed by atoms with E-state index in [1.807, 2.05) is 6.08 Å². The van der Waals surface area contributed by atoms with Gasteiger partial charge in [-0.05, 0) is 122 Å². The predicted octanol–water partition coefficient (Wildman–Crippen LogP) is 21.5. The molecule has 76 heavy (non-hydrogen) atoms. The van der Waals surface area contributed by atoms with Gasteiger partial charge < -0.3 is 15.5 Å². The molecule has 4 nitrogen and oxygen atoms in total. The number of allylic oxidation sites excluding steroid dienone is 27. The van der Waals surface area contributed by atoms with E-state index in [1.54, 1.807) is 6.08 Å². The van der Waals surface area contributed by atoms with Crippen molar-refractivity contribution in [3.63, 3.8) is 0 Å². The molecule has 0 radical (unpaired) electrons. The van der Waals surface area contributed by atoms with Crippen molar-refractivity contribution >= 4 is 5.91 Å². The molecule has 2 atom stereocenters. The van der Waals surface area contributed by atoms with E-state index in [0.717, 1.165) is 128 Å². The molecule has 0 aromatic rings. The lowest BCUT2D eigenvalue weighted by atomic mass is 10.0. The monoisotopic (exact) mass is 1040 g/mol. The van der Waals surface area contributed by atoms with Crippen molar-refractivity contribution < 1.29 is 15.0 Å². The Kier molecular flexibility index (Phi) is 61.4. The predicted molar refractivity (Wildman–Crippen MR) is 340 cm³/mol. The molecule has 0 aromatic heterocycles. The van der Waals surface area contributed by atoms with E-state index in [0.29, 0.717) is 6.42 Å². The maximum absolute atomic E-state index is 12.5. The SMILES string of the molecule is CC/C=C\C/C=C\C/C=C\C/C=C\C/C=C\C/C=C\C/C=C\C/C=C\C/C=C\C/C=C\C/C=C\C/C=C\CCCCCCC(=O)NC(CO)C(O)/C=C/CC/C=C/CCCCCCCCCCCCCCCCCCC. The standard InChI is InChI=1S/C72H117NO3/c1-3-5-7-9-11-13-15-17-19-21-23-25-27-28-29-30-31-32-33-34-35-36-37-38-39-40-41-42-43-44-46-48-50-52-54-56-58-60-62-64-66-68-72(76)73-70(69-74)71(75)67-65-63-61-59-57-55-53-51-49-47-45-26-24-22-20-18-16-14-12-10-8-6-4-2/h5,7,11,13,17,19,23,25,28-29,31-32,34-35,37-38,40-41,43-44,48,50,54,56-57,59,65,67,70-71,74-75H,3-4,6,8-10,12,14-16,18,20-22,24,26-27,30,33,36,39,42,45-47,49,51-53,55,58,60-64,66,68-69H2,1-2H3,(H,73,76)/b7-5-,13-11-,19-17-,25-23-,29-28-,32-31-,35-34-,38-37-,41-40-,44-43-,50-48-,56-54-,59-57+,67-65+. The highest BCUT2D eigenvalue weighted by Crippen LogP contribution is 2.15. The number of rotatable bonds is 55. The summed E-state index contributed by atoms with van der Waals surface area (Å²) in [6, 6.07) is -0.667. The third kappa shape index (κ3) is 60.6. The molecule has 0 fully saturated rings. The molecule has 0 aliphatic rings. The number of amides is 1. The van der Waals surface area contributed by atoms with Gasteiger partial charge in [-0.15, -0.1) is 0 Å². The van der Waals surface area contributed by atoms with Gasteiger partial charge in [0, 0.05) is 6.42 Å². The van der Waals surface area contributed by atoms with Crippen molar-refractivity contribution in [2.75, 3.05) is 6.61 Å². The van der Waals surface area contributed by atoms with Gasteiger partial charge in [0.1, 0.15) is 0 Å². The first-order valence-electron chi connectivity index (χ1n) is 31.3. The number of aliphatic hydroxyl groups is 2. The summed E-state index contributed by atoms with van der Waals surface area (Å²) < 4.78 is 0. The van der Waals surface area contributed by atoms with Gasteiger partial charge in [0.05, 0.1) is 18.8 Å². The van der Waals surface area contributed by atoms with Crippen LogP contribution in [0.4, 0.5) is 0 Å². The summed E-state index contributed by atoms with van der Waals surface area (Å²) >= 11 is 0. The zero-order valence-corrected chi connectivity index (χ0v) is 49.2. The summed E-state index contributed by atoms with van der Waals surface area (Å²) in [6.45, 7) is 4.18. The number of aliphatic hydroxyl groups excluding tert-OH is 2. The largest absolute Gasteiger partial charge is 0.394 e. The minimum Gasteiger partial charge on any atom is -0.394 e. The minimum atomic E-state index is -0.887. The number of carbonyl (C=O) groups excluding carboxylic acids is 1. The van der Waals surface area contributed by atoms with Crippen molar-refractivity contribution in [2.24, 2.45) is 0 Å². The van der Waals surface area contributed by atoms with Crippen LogP contribution in [0.25, 0.3) is 0 Å². The van der Waals surface area contributed by atoms with Crippen molar-refractivity contribution in [1.29, 1.82) is 0 Å². The van der Waals surface area contributed by atoms with Gasteiger partial charge in [0.15, 0.2) is 0 Å². The van der Waals surface area contributed by atoms with Crippen molar-refractivity contribution in [2.45, 2.75) is 270 Å². The normalized spacial score (nSPS) is 14.0. The van der Waals surface area contributed by atoms with Crippen LogP contribution in [0.15, 0.2) is 170 Å². The van der Waals surface area contributed by atoms with Crippen LogP contribution < -0.4 is 5.32 Å². The fraction of sp³-hybridized carbons (Fsp3) is 0.597. The van der Waals surface area contributed by atoms with E-state index in [-0.39, 0.29) is 12.5 Å². The Morgan fingerprint density at radius 3 is 0.921 bits per heavy atom. The van der Waals surface area contributed by atoms with Crippen molar-refractivity contribution in [1.82, 2.24) is 5.32 Å². The average Bonchev–Trinajstić information content (AvgIpc) is 3.42. The summed E-state index contributed by atoms with van der Waals surface area (Å²) in [5.41, 5.74) is 0. The second-order valence-electron chi connectivity index (χ2n) is 20.4. The smallest absolute Gasteiger partial charge is 0.220 e. The molecule has 0 saturated heterocycles. The van der Waals surface area contributed by atoms with E-state index < -0.39 is 12.1 Å². The van der Waals surface area contributed by atoms with Crippen molar-refractivity contribution in [3.05, 3.63) is 170 Å². The maximum atomic E-state index is 12.5. The van der Waals surface area contributed by atoms with Gasteiger partial charge >= 0.3 is 0 Å². The molecule has 0 rings (SSSR count). The van der Waals surface area contributed by atoms with Gasteiger partial charge in [0.2, 0.25) is 5.91 Å². The first kappa shape index (κ1) is 71.8. The van der Waals surface area contributed by atoms with Crippen LogP contribution >= 0.6 is 0 Å². The zero-order chi connectivity index (χ0) is 54.8. The molecule has 0 spiro atoms. The first-order chi connectivity index (χ1) is 37.7. The number of nitrogens with one attached hydrogen (secondary N) is 1. The molecule has 0 heterocycles. The molecule has 0 bridgehead atoms. The highest BCUT2D eigenvalue weighted by atomic mass is 16.3. The summed E-state index contributed by atoms with van der Waals surface area (Å²) in [6.07, 6.45) is 105. The first-order valence-corrected chi connectivity index (χ1v) is 31.3. The lowest BCUT2D eigenvalue weighted by molar-refractivity contribution is -0.123. The molecule has 0 aliphatic heterocycles. The Bertz CT molecular complexity index is 1660. The Hall–Kier alpha value is -4.25. The van der Waals surface area contributed by atoms with E-state index in [2.05, 4.69) is 177 Å². The summed E-state index contributed by atoms with van der Waals surface area (Å²) in [5.74, 6) is -0.104. The summed E-state index contributed by atoms with van der Waals surface area (Å²) in [4.78, 5) is 12.5. The van der Waals surface area contributed by atoms with E-state index in [9.17, 15) is 15.0 Å². The Morgan fingerprint density at radius 1 is 0.329 bits per heavy atom. The topological polar surface area (TPSA) is 69.6 Å². The second-order valence-corrected chi connectivity index (χ2v) is 20.4. The van der Waals surface area contributed by atoms with E-state index in [1.165, 1.54) is 109 Å². The fourth-order valence-electron chi connectivity index (χ4n) is 8.47.